The van der Waals surface area contributed by atoms with Crippen molar-refractivity contribution >= 4 is 9.84 Å². The van der Waals surface area contributed by atoms with Crippen LogP contribution in [0.2, 0.25) is 0 Å². The number of sulfone groups is 1. The average Bonchev–Trinajstić information content (AvgIpc) is 1.86. The molecular formula is C5H13NO2S. The predicted molar refractivity (Wildman–Crippen MR) is 38.0 cm³/mol. The van der Waals surface area contributed by atoms with Crippen molar-refractivity contribution in [1.29, 1.82) is 0 Å². The molecule has 0 saturated carbocycles. The van der Waals surface area contributed by atoms with E-state index in [0.717, 1.165) is 0 Å². The fourth-order valence-corrected chi connectivity index (χ4v) is 1.29. The van der Waals surface area contributed by atoms with E-state index in [1.54, 1.807) is 13.8 Å². The van der Waals surface area contributed by atoms with Gasteiger partial charge in [0, 0.05) is 12.3 Å². The molecular weight excluding hydrogens is 138 g/mol. The minimum Gasteiger partial charge on any atom is -0.329 e. The van der Waals surface area contributed by atoms with Gasteiger partial charge in [0.15, 0.2) is 9.84 Å². The third-order valence-corrected chi connectivity index (χ3v) is 3.57. The SMILES string of the molecule is CCS(=O)(=O)[C@@H](C)CN. The lowest BCUT2D eigenvalue weighted by molar-refractivity contribution is 0.585. The molecule has 0 bridgehead atoms. The molecule has 0 amide bonds. The van der Waals surface area contributed by atoms with E-state index < -0.39 is 9.84 Å². The van der Waals surface area contributed by atoms with Crippen LogP contribution in [0.15, 0.2) is 0 Å². The highest BCUT2D eigenvalue weighted by Gasteiger charge is 2.15. The molecule has 9 heavy (non-hydrogen) atoms. The summed E-state index contributed by atoms with van der Waals surface area (Å²) in [4.78, 5) is 0. The van der Waals surface area contributed by atoms with Gasteiger partial charge in [-0.25, -0.2) is 8.42 Å². The number of rotatable bonds is 3. The van der Waals surface area contributed by atoms with Crippen molar-refractivity contribution < 1.29 is 8.42 Å². The van der Waals surface area contributed by atoms with E-state index in [-0.39, 0.29) is 17.5 Å². The van der Waals surface area contributed by atoms with Gasteiger partial charge in [-0.3, -0.25) is 0 Å². The summed E-state index contributed by atoms with van der Waals surface area (Å²) in [5.74, 6) is 0.186. The Kier molecular flexibility index (Phi) is 3.14. The van der Waals surface area contributed by atoms with Crippen molar-refractivity contribution in [2.45, 2.75) is 19.1 Å². The number of nitrogens with two attached hydrogens (primary N) is 1. The van der Waals surface area contributed by atoms with Crippen LogP contribution in [0.4, 0.5) is 0 Å². The van der Waals surface area contributed by atoms with E-state index in [4.69, 9.17) is 5.73 Å². The topological polar surface area (TPSA) is 60.2 Å². The van der Waals surface area contributed by atoms with Crippen LogP contribution >= 0.6 is 0 Å². The lowest BCUT2D eigenvalue weighted by Gasteiger charge is -2.06. The molecule has 0 aromatic heterocycles. The molecule has 4 heteroatoms. The van der Waals surface area contributed by atoms with E-state index >= 15 is 0 Å². The number of hydrogen-bond acceptors (Lipinski definition) is 3. The summed E-state index contributed by atoms with van der Waals surface area (Å²) in [6.07, 6.45) is 0. The highest BCUT2D eigenvalue weighted by molar-refractivity contribution is 7.92. The second kappa shape index (κ2) is 3.17. The van der Waals surface area contributed by atoms with Crippen LogP contribution in [0.3, 0.4) is 0 Å². The maximum atomic E-state index is 10.9. The Morgan fingerprint density at radius 2 is 2.00 bits per heavy atom. The zero-order valence-corrected chi connectivity index (χ0v) is 6.61. The average molecular weight is 151 g/mol. The number of hydrogen-bond donors (Lipinski definition) is 1. The fraction of sp³-hybridized carbons (Fsp3) is 1.00. The Morgan fingerprint density at radius 1 is 1.56 bits per heavy atom. The standard InChI is InChI=1S/C5H13NO2S/c1-3-9(7,8)5(2)4-6/h5H,3-4,6H2,1-2H3/t5-/m0/s1. The maximum absolute atomic E-state index is 10.9. The third-order valence-electron chi connectivity index (χ3n) is 1.35. The van der Waals surface area contributed by atoms with Crippen molar-refractivity contribution in [3.8, 4) is 0 Å². The molecule has 0 aromatic rings. The predicted octanol–water partition coefficient (Wildman–Crippen LogP) is -0.232. The van der Waals surface area contributed by atoms with Gasteiger partial charge in [-0.1, -0.05) is 6.92 Å². The Morgan fingerprint density at radius 3 is 2.11 bits per heavy atom. The molecule has 1 atom stereocenters. The Balaban J connectivity index is 4.17. The summed E-state index contributed by atoms with van der Waals surface area (Å²) >= 11 is 0. The molecule has 0 radical (unpaired) electrons. The molecule has 2 N–H and O–H groups in total. The second-order valence-corrected chi connectivity index (χ2v) is 4.71. The van der Waals surface area contributed by atoms with Gasteiger partial charge in [0.2, 0.25) is 0 Å². The lowest BCUT2D eigenvalue weighted by atomic mass is 10.5. The summed E-state index contributed by atoms with van der Waals surface area (Å²) in [5.41, 5.74) is 5.15. The zero-order chi connectivity index (χ0) is 7.49. The van der Waals surface area contributed by atoms with Crippen LogP contribution in [0, 0.1) is 0 Å². The highest BCUT2D eigenvalue weighted by atomic mass is 32.2. The Labute approximate surface area is 56.2 Å². The molecule has 0 rings (SSSR count). The van der Waals surface area contributed by atoms with Crippen LogP contribution in [0.25, 0.3) is 0 Å². The van der Waals surface area contributed by atoms with Crippen LogP contribution in [0.5, 0.6) is 0 Å². The van der Waals surface area contributed by atoms with Crippen molar-refractivity contribution in [3.05, 3.63) is 0 Å². The van der Waals surface area contributed by atoms with Gasteiger partial charge < -0.3 is 5.73 Å². The van der Waals surface area contributed by atoms with E-state index in [0.29, 0.717) is 0 Å². The summed E-state index contributed by atoms with van der Waals surface area (Å²) < 4.78 is 21.7. The van der Waals surface area contributed by atoms with Crippen molar-refractivity contribution in [1.82, 2.24) is 0 Å². The molecule has 56 valence electrons. The van der Waals surface area contributed by atoms with Gasteiger partial charge >= 0.3 is 0 Å². The molecule has 3 nitrogen and oxygen atoms in total. The summed E-state index contributed by atoms with van der Waals surface area (Å²) in [6.45, 7) is 3.47. The van der Waals surface area contributed by atoms with Crippen LogP contribution in [-0.4, -0.2) is 26.0 Å². The van der Waals surface area contributed by atoms with Crippen molar-refractivity contribution in [2.75, 3.05) is 12.3 Å². The Hall–Kier alpha value is -0.0900. The normalized spacial score (nSPS) is 15.4. The maximum Gasteiger partial charge on any atom is 0.153 e. The second-order valence-electron chi connectivity index (χ2n) is 2.00. The molecule has 0 aliphatic rings. The summed E-state index contributed by atoms with van der Waals surface area (Å²) in [6, 6.07) is 0. The molecule has 0 fully saturated rings. The van der Waals surface area contributed by atoms with Gasteiger partial charge in [0.25, 0.3) is 0 Å². The minimum atomic E-state index is -2.87. The quantitative estimate of drug-likeness (QED) is 0.606. The van der Waals surface area contributed by atoms with Crippen molar-refractivity contribution in [3.63, 3.8) is 0 Å². The molecule has 0 heterocycles. The third kappa shape index (κ3) is 2.32. The highest BCUT2D eigenvalue weighted by Crippen LogP contribution is 1.97. The largest absolute Gasteiger partial charge is 0.329 e. The molecule has 0 spiro atoms. The van der Waals surface area contributed by atoms with Crippen LogP contribution in [0.1, 0.15) is 13.8 Å². The van der Waals surface area contributed by atoms with Crippen LogP contribution < -0.4 is 5.73 Å². The molecule has 0 aliphatic heterocycles. The fourth-order valence-electron chi connectivity index (χ4n) is 0.431. The zero-order valence-electron chi connectivity index (χ0n) is 5.79. The van der Waals surface area contributed by atoms with Crippen LogP contribution in [-0.2, 0) is 9.84 Å². The molecule has 0 aliphatic carbocycles. The van der Waals surface area contributed by atoms with Gasteiger partial charge in [-0.15, -0.1) is 0 Å². The first kappa shape index (κ1) is 8.91. The molecule has 0 unspecified atom stereocenters. The monoisotopic (exact) mass is 151 g/mol. The minimum absolute atomic E-state index is 0.186. The van der Waals surface area contributed by atoms with E-state index in [9.17, 15) is 8.42 Å². The summed E-state index contributed by atoms with van der Waals surface area (Å²) in [7, 11) is -2.87. The Bertz CT molecular complexity index is 162. The van der Waals surface area contributed by atoms with Crippen molar-refractivity contribution in [2.24, 2.45) is 5.73 Å². The smallest absolute Gasteiger partial charge is 0.153 e. The lowest BCUT2D eigenvalue weighted by Crippen LogP contribution is -2.27. The van der Waals surface area contributed by atoms with Gasteiger partial charge in [0.05, 0.1) is 5.25 Å². The van der Waals surface area contributed by atoms with Gasteiger partial charge in [-0.2, -0.15) is 0 Å². The first-order chi connectivity index (χ1) is 4.04. The first-order valence-electron chi connectivity index (χ1n) is 2.96. The molecule has 0 aromatic carbocycles. The van der Waals surface area contributed by atoms with Gasteiger partial charge in [0.1, 0.15) is 0 Å². The molecule has 0 saturated heterocycles. The summed E-state index contributed by atoms with van der Waals surface area (Å²) in [5, 5.41) is -0.387. The van der Waals surface area contributed by atoms with E-state index in [1.807, 2.05) is 0 Å². The first-order valence-corrected chi connectivity index (χ1v) is 4.67. The van der Waals surface area contributed by atoms with E-state index in [1.165, 1.54) is 0 Å². The van der Waals surface area contributed by atoms with Gasteiger partial charge in [-0.05, 0) is 6.92 Å². The van der Waals surface area contributed by atoms with E-state index in [2.05, 4.69) is 0 Å².